The highest BCUT2D eigenvalue weighted by Crippen LogP contribution is 2.20. The average molecular weight is 259 g/mol. The molecule has 0 bridgehead atoms. The zero-order chi connectivity index (χ0) is 13.1. The number of hydrogen-bond donors (Lipinski definition) is 0. The Bertz CT molecular complexity index is 380. The third kappa shape index (κ3) is 3.66. The van der Waals surface area contributed by atoms with Gasteiger partial charge in [-0.2, -0.15) is 22.3 Å². The minimum absolute atomic E-state index is 0.255. The molecule has 5 nitrogen and oxygen atoms in total. The maximum Gasteiger partial charge on any atom is 0.281 e. The number of hydrogen-bond acceptors (Lipinski definition) is 3. The molecule has 0 aromatic carbocycles. The lowest BCUT2D eigenvalue weighted by atomic mass is 10.0. The minimum atomic E-state index is -3.38. The minimum Gasteiger partial charge on any atom is -0.198 e. The molecule has 6 heteroatoms. The molecule has 98 valence electrons. The Labute approximate surface area is 104 Å². The smallest absolute Gasteiger partial charge is 0.198 e. The lowest BCUT2D eigenvalue weighted by Gasteiger charge is -2.32. The molecule has 0 aromatic rings. The van der Waals surface area contributed by atoms with Gasteiger partial charge in [0.15, 0.2) is 0 Å². The normalized spacial score (nSPS) is 21.4. The second-order valence-electron chi connectivity index (χ2n) is 4.90. The van der Waals surface area contributed by atoms with E-state index in [4.69, 9.17) is 5.26 Å². The highest BCUT2D eigenvalue weighted by molar-refractivity contribution is 7.86. The van der Waals surface area contributed by atoms with Gasteiger partial charge in [0.2, 0.25) is 0 Å². The fourth-order valence-corrected chi connectivity index (χ4v) is 3.41. The highest BCUT2D eigenvalue weighted by atomic mass is 32.2. The van der Waals surface area contributed by atoms with Crippen LogP contribution in [-0.2, 0) is 10.2 Å². The highest BCUT2D eigenvalue weighted by Gasteiger charge is 2.30. The first-order valence-electron chi connectivity index (χ1n) is 5.99. The Balaban J connectivity index is 2.65. The first-order valence-corrected chi connectivity index (χ1v) is 7.38. The van der Waals surface area contributed by atoms with Gasteiger partial charge < -0.3 is 0 Å². The van der Waals surface area contributed by atoms with E-state index in [2.05, 4.69) is 13.0 Å². The molecule has 0 radical (unpaired) electrons. The molecule has 0 aliphatic carbocycles. The van der Waals surface area contributed by atoms with Gasteiger partial charge in [0.1, 0.15) is 0 Å². The predicted molar refractivity (Wildman–Crippen MR) is 66.3 cm³/mol. The molecule has 1 atom stereocenters. The Kier molecular flexibility index (Phi) is 4.92. The lowest BCUT2D eigenvalue weighted by molar-refractivity contribution is 0.268. The fraction of sp³-hybridized carbons (Fsp3) is 0.909. The van der Waals surface area contributed by atoms with Crippen LogP contribution in [0.15, 0.2) is 0 Å². The molecule has 0 amide bonds. The second kappa shape index (κ2) is 5.80. The van der Waals surface area contributed by atoms with Gasteiger partial charge in [-0.1, -0.05) is 6.92 Å². The van der Waals surface area contributed by atoms with Gasteiger partial charge in [-0.05, 0) is 25.7 Å². The number of nitriles is 1. The van der Waals surface area contributed by atoms with Crippen molar-refractivity contribution >= 4 is 10.2 Å². The van der Waals surface area contributed by atoms with E-state index in [1.54, 1.807) is 14.0 Å². The molecule has 1 unspecified atom stereocenters. The Morgan fingerprint density at radius 2 is 2.00 bits per heavy atom. The first-order chi connectivity index (χ1) is 7.87. The van der Waals surface area contributed by atoms with Crippen molar-refractivity contribution in [2.75, 3.05) is 26.7 Å². The van der Waals surface area contributed by atoms with Crippen LogP contribution in [0.4, 0.5) is 0 Å². The monoisotopic (exact) mass is 259 g/mol. The summed E-state index contributed by atoms with van der Waals surface area (Å²) in [6.07, 6.45) is 1.84. The molecule has 1 aliphatic rings. The van der Waals surface area contributed by atoms with Crippen LogP contribution < -0.4 is 0 Å². The first kappa shape index (κ1) is 14.4. The number of nitrogens with zero attached hydrogens (tertiary/aromatic N) is 3. The summed E-state index contributed by atoms with van der Waals surface area (Å²) >= 11 is 0. The molecule has 0 saturated carbocycles. The van der Waals surface area contributed by atoms with Gasteiger partial charge in [-0.15, -0.1) is 0 Å². The van der Waals surface area contributed by atoms with E-state index in [1.807, 2.05) is 0 Å². The van der Waals surface area contributed by atoms with E-state index >= 15 is 0 Å². The van der Waals surface area contributed by atoms with E-state index in [1.165, 1.54) is 8.61 Å². The second-order valence-corrected chi connectivity index (χ2v) is 6.94. The molecule has 1 rings (SSSR count). The molecule has 0 spiro atoms. The number of rotatable bonds is 4. The van der Waals surface area contributed by atoms with E-state index in [0.717, 1.165) is 12.8 Å². The summed E-state index contributed by atoms with van der Waals surface area (Å²) < 4.78 is 27.2. The van der Waals surface area contributed by atoms with Gasteiger partial charge in [-0.3, -0.25) is 0 Å². The summed E-state index contributed by atoms with van der Waals surface area (Å²) in [4.78, 5) is 0. The summed E-state index contributed by atoms with van der Waals surface area (Å²) in [5.74, 6) is 0.322. The quantitative estimate of drug-likeness (QED) is 0.758. The molecule has 0 aromatic heterocycles. The van der Waals surface area contributed by atoms with Crippen LogP contribution in [0.25, 0.3) is 0 Å². The van der Waals surface area contributed by atoms with E-state index in [-0.39, 0.29) is 12.5 Å². The fourth-order valence-electron chi connectivity index (χ4n) is 1.93. The Morgan fingerprint density at radius 3 is 2.47 bits per heavy atom. The molecular weight excluding hydrogens is 238 g/mol. The van der Waals surface area contributed by atoms with Crippen molar-refractivity contribution in [2.45, 2.75) is 26.7 Å². The third-order valence-electron chi connectivity index (χ3n) is 3.21. The van der Waals surface area contributed by atoms with Crippen molar-refractivity contribution in [3.05, 3.63) is 0 Å². The predicted octanol–water partition coefficient (Wildman–Crippen LogP) is 1.05. The zero-order valence-electron chi connectivity index (χ0n) is 10.8. The zero-order valence-corrected chi connectivity index (χ0v) is 11.6. The average Bonchev–Trinajstić information content (AvgIpc) is 2.29. The maximum atomic E-state index is 12.2. The maximum absolute atomic E-state index is 12.2. The van der Waals surface area contributed by atoms with Crippen molar-refractivity contribution in [1.29, 1.82) is 5.26 Å². The van der Waals surface area contributed by atoms with Gasteiger partial charge in [-0.25, -0.2) is 0 Å². The topological polar surface area (TPSA) is 64.4 Å². The van der Waals surface area contributed by atoms with Crippen molar-refractivity contribution in [1.82, 2.24) is 8.61 Å². The van der Waals surface area contributed by atoms with Crippen LogP contribution in [0.2, 0.25) is 0 Å². The van der Waals surface area contributed by atoms with E-state index in [9.17, 15) is 8.42 Å². The molecule has 1 heterocycles. The lowest BCUT2D eigenvalue weighted by Crippen LogP contribution is -2.46. The van der Waals surface area contributed by atoms with Crippen LogP contribution in [0.1, 0.15) is 26.7 Å². The molecular formula is C11H21N3O2S. The summed E-state index contributed by atoms with van der Waals surface area (Å²) in [6.45, 7) is 5.31. The molecule has 1 fully saturated rings. The van der Waals surface area contributed by atoms with E-state index in [0.29, 0.717) is 19.0 Å². The molecule has 0 N–H and O–H groups in total. The summed E-state index contributed by atoms with van der Waals surface area (Å²) in [6, 6.07) is 2.05. The van der Waals surface area contributed by atoms with Crippen molar-refractivity contribution in [2.24, 2.45) is 11.8 Å². The molecule has 1 saturated heterocycles. The standard InChI is InChI=1S/C11H21N3O2S/c1-10-4-6-14(7-5-10)17(15,16)13(3)9-11(2)8-12/h10-11H,4-7,9H2,1-3H3. The van der Waals surface area contributed by atoms with Crippen molar-refractivity contribution in [3.63, 3.8) is 0 Å². The molecule has 1 aliphatic heterocycles. The Morgan fingerprint density at radius 1 is 1.47 bits per heavy atom. The van der Waals surface area contributed by atoms with Crippen LogP contribution in [0, 0.1) is 23.2 Å². The largest absolute Gasteiger partial charge is 0.281 e. The molecule has 17 heavy (non-hydrogen) atoms. The van der Waals surface area contributed by atoms with Gasteiger partial charge >= 0.3 is 0 Å². The van der Waals surface area contributed by atoms with Crippen molar-refractivity contribution < 1.29 is 8.42 Å². The van der Waals surface area contributed by atoms with Crippen LogP contribution >= 0.6 is 0 Å². The summed E-state index contributed by atoms with van der Waals surface area (Å²) in [7, 11) is -1.83. The van der Waals surface area contributed by atoms with Gasteiger partial charge in [0, 0.05) is 26.7 Å². The van der Waals surface area contributed by atoms with Gasteiger partial charge in [0.05, 0.1) is 12.0 Å². The number of piperidine rings is 1. The van der Waals surface area contributed by atoms with Crippen molar-refractivity contribution in [3.8, 4) is 6.07 Å². The Hall–Kier alpha value is -0.640. The van der Waals surface area contributed by atoms with Crippen LogP contribution in [0.3, 0.4) is 0 Å². The van der Waals surface area contributed by atoms with Crippen LogP contribution in [0.5, 0.6) is 0 Å². The third-order valence-corrected chi connectivity index (χ3v) is 5.17. The van der Waals surface area contributed by atoms with Gasteiger partial charge in [0.25, 0.3) is 10.2 Å². The summed E-state index contributed by atoms with van der Waals surface area (Å²) in [5.41, 5.74) is 0. The van der Waals surface area contributed by atoms with Crippen LogP contribution in [-0.4, -0.2) is 43.7 Å². The SMILES string of the molecule is CC(C#N)CN(C)S(=O)(=O)N1CCC(C)CC1. The van der Waals surface area contributed by atoms with E-state index < -0.39 is 10.2 Å². The summed E-state index contributed by atoms with van der Waals surface area (Å²) in [5, 5.41) is 8.71.